The zero-order valence-electron chi connectivity index (χ0n) is 13.6. The molecule has 0 saturated carbocycles. The summed E-state index contributed by atoms with van der Waals surface area (Å²) in [5, 5.41) is 0. The second-order valence-electron chi connectivity index (χ2n) is 5.55. The van der Waals surface area contributed by atoms with Crippen LogP contribution in [0.15, 0.2) is 35.3 Å². The average Bonchev–Trinajstić information content (AvgIpc) is 2.83. The first-order chi connectivity index (χ1) is 11.4. The first kappa shape index (κ1) is 16.5. The number of hydrogen-bond acceptors (Lipinski definition) is 2. The Hall–Kier alpha value is -2.34. The lowest BCUT2D eigenvalue weighted by molar-refractivity contribution is 0.0990. The van der Waals surface area contributed by atoms with Crippen LogP contribution in [-0.2, 0) is 6.54 Å². The molecule has 0 spiro atoms. The van der Waals surface area contributed by atoms with Gasteiger partial charge in [-0.2, -0.15) is 4.99 Å². The van der Waals surface area contributed by atoms with Crippen LogP contribution < -0.4 is 4.80 Å². The number of aromatic nitrogens is 1. The molecule has 0 aliphatic carbocycles. The lowest BCUT2D eigenvalue weighted by atomic mass is 10.1. The molecule has 0 aliphatic rings. The monoisotopic (exact) mass is 346 g/mol. The van der Waals surface area contributed by atoms with E-state index in [9.17, 15) is 13.6 Å². The van der Waals surface area contributed by atoms with Crippen LogP contribution >= 0.6 is 11.3 Å². The molecule has 3 aromatic rings. The highest BCUT2D eigenvalue weighted by atomic mass is 32.1. The van der Waals surface area contributed by atoms with Crippen molar-refractivity contribution < 1.29 is 13.6 Å². The Labute approximate surface area is 141 Å². The molecule has 0 bridgehead atoms. The fourth-order valence-electron chi connectivity index (χ4n) is 2.56. The van der Waals surface area contributed by atoms with E-state index in [2.05, 4.69) is 4.99 Å². The van der Waals surface area contributed by atoms with Gasteiger partial charge >= 0.3 is 0 Å². The number of benzene rings is 2. The largest absolute Gasteiger partial charge is 0.317 e. The average molecular weight is 346 g/mol. The Morgan fingerprint density at radius 3 is 2.42 bits per heavy atom. The van der Waals surface area contributed by atoms with Crippen LogP contribution in [0.2, 0.25) is 0 Å². The van der Waals surface area contributed by atoms with Crippen LogP contribution in [0.25, 0.3) is 10.2 Å². The molecule has 24 heavy (non-hydrogen) atoms. The first-order valence-electron chi connectivity index (χ1n) is 7.56. The second kappa shape index (κ2) is 6.28. The summed E-state index contributed by atoms with van der Waals surface area (Å²) in [4.78, 5) is 16.7. The second-order valence-corrected chi connectivity index (χ2v) is 6.56. The molecule has 2 aromatic carbocycles. The van der Waals surface area contributed by atoms with Gasteiger partial charge in [-0.15, -0.1) is 0 Å². The topological polar surface area (TPSA) is 34.4 Å². The van der Waals surface area contributed by atoms with Gasteiger partial charge in [0.2, 0.25) is 0 Å². The minimum Gasteiger partial charge on any atom is -0.317 e. The van der Waals surface area contributed by atoms with Gasteiger partial charge in [0.25, 0.3) is 5.91 Å². The van der Waals surface area contributed by atoms with Crippen LogP contribution in [0.5, 0.6) is 0 Å². The van der Waals surface area contributed by atoms with Gasteiger partial charge in [0, 0.05) is 6.54 Å². The summed E-state index contributed by atoms with van der Waals surface area (Å²) in [6.45, 7) is 6.58. The Kier molecular flexibility index (Phi) is 4.32. The van der Waals surface area contributed by atoms with Crippen LogP contribution in [-0.4, -0.2) is 10.5 Å². The minimum absolute atomic E-state index is 0.435. The molecule has 1 aromatic heterocycles. The maximum atomic E-state index is 13.8. The van der Waals surface area contributed by atoms with Gasteiger partial charge in [-0.25, -0.2) is 8.78 Å². The fraction of sp³-hybridized carbons (Fsp3) is 0.222. The molecule has 124 valence electrons. The van der Waals surface area contributed by atoms with E-state index in [4.69, 9.17) is 0 Å². The normalized spacial score (nSPS) is 12.1. The lowest BCUT2D eigenvalue weighted by Crippen LogP contribution is -2.17. The number of carbonyl (C=O) groups excluding carboxylic acids is 1. The molecule has 1 amide bonds. The van der Waals surface area contributed by atoms with E-state index >= 15 is 0 Å². The Morgan fingerprint density at radius 1 is 1.17 bits per heavy atom. The minimum atomic E-state index is -0.909. The summed E-state index contributed by atoms with van der Waals surface area (Å²) >= 11 is 1.34. The van der Waals surface area contributed by atoms with E-state index < -0.39 is 23.1 Å². The number of nitrogens with zero attached hydrogens (tertiary/aromatic N) is 2. The maximum Gasteiger partial charge on any atom is 0.285 e. The predicted molar refractivity (Wildman–Crippen MR) is 91.2 cm³/mol. The van der Waals surface area contributed by atoms with Crippen LogP contribution in [0, 0.1) is 25.5 Å². The highest BCUT2D eigenvalue weighted by molar-refractivity contribution is 7.16. The zero-order chi connectivity index (χ0) is 17.4. The number of hydrogen-bond donors (Lipinski definition) is 0. The SMILES string of the molecule is CCn1c(=NC(=O)c2c(F)cccc2F)sc2cc(C)c(C)cc21. The van der Waals surface area contributed by atoms with E-state index in [1.165, 1.54) is 17.4 Å². The van der Waals surface area contributed by atoms with Gasteiger partial charge in [-0.3, -0.25) is 4.79 Å². The molecule has 0 N–H and O–H groups in total. The third-order valence-electron chi connectivity index (χ3n) is 3.99. The number of carbonyl (C=O) groups is 1. The van der Waals surface area contributed by atoms with Crippen molar-refractivity contribution in [1.29, 1.82) is 0 Å². The molecule has 3 rings (SSSR count). The summed E-state index contributed by atoms with van der Waals surface area (Å²) in [5.41, 5.74) is 2.63. The number of fused-ring (bicyclic) bond motifs is 1. The molecule has 6 heteroatoms. The van der Waals surface area contributed by atoms with Crippen LogP contribution in [0.1, 0.15) is 28.4 Å². The molecule has 0 aliphatic heterocycles. The molecular formula is C18H16F2N2OS. The van der Waals surface area contributed by atoms with Gasteiger partial charge in [-0.1, -0.05) is 17.4 Å². The molecule has 0 fully saturated rings. The van der Waals surface area contributed by atoms with E-state index in [0.29, 0.717) is 11.3 Å². The van der Waals surface area contributed by atoms with Crippen molar-refractivity contribution in [3.63, 3.8) is 0 Å². The van der Waals surface area contributed by atoms with Gasteiger partial charge in [0.05, 0.1) is 10.2 Å². The van der Waals surface area contributed by atoms with Gasteiger partial charge in [0.15, 0.2) is 4.80 Å². The number of aryl methyl sites for hydroxylation is 3. The molecule has 0 radical (unpaired) electrons. The van der Waals surface area contributed by atoms with Crippen molar-refractivity contribution in [1.82, 2.24) is 4.57 Å². The highest BCUT2D eigenvalue weighted by Gasteiger charge is 2.17. The Morgan fingerprint density at radius 2 is 1.79 bits per heavy atom. The van der Waals surface area contributed by atoms with Gasteiger partial charge < -0.3 is 4.57 Å². The van der Waals surface area contributed by atoms with Crippen molar-refractivity contribution in [2.24, 2.45) is 4.99 Å². The molecule has 0 atom stereocenters. The molecule has 1 heterocycles. The van der Waals surface area contributed by atoms with E-state index in [0.717, 1.165) is 33.5 Å². The van der Waals surface area contributed by atoms with Crippen molar-refractivity contribution in [2.45, 2.75) is 27.3 Å². The standard InChI is InChI=1S/C18H16F2N2OS/c1-4-22-14-8-10(2)11(3)9-15(14)24-18(22)21-17(23)16-12(19)6-5-7-13(16)20/h5-9H,4H2,1-3H3. The quantitative estimate of drug-likeness (QED) is 0.679. The van der Waals surface area contributed by atoms with Crippen molar-refractivity contribution in [3.8, 4) is 0 Å². The molecule has 3 nitrogen and oxygen atoms in total. The summed E-state index contributed by atoms with van der Waals surface area (Å²) in [7, 11) is 0. The lowest BCUT2D eigenvalue weighted by Gasteiger charge is -2.03. The van der Waals surface area contributed by atoms with Gasteiger partial charge in [-0.05, 0) is 56.2 Å². The third kappa shape index (κ3) is 2.78. The Balaban J connectivity index is 2.22. The summed E-state index contributed by atoms with van der Waals surface area (Å²) in [6, 6.07) is 7.40. The number of rotatable bonds is 2. The summed E-state index contributed by atoms with van der Waals surface area (Å²) < 4.78 is 30.4. The van der Waals surface area contributed by atoms with E-state index in [1.54, 1.807) is 0 Å². The predicted octanol–water partition coefficient (Wildman–Crippen LogP) is 4.36. The van der Waals surface area contributed by atoms with Crippen LogP contribution in [0.3, 0.4) is 0 Å². The highest BCUT2D eigenvalue weighted by Crippen LogP contribution is 2.22. The zero-order valence-corrected chi connectivity index (χ0v) is 14.4. The number of amides is 1. The fourth-order valence-corrected chi connectivity index (χ4v) is 3.73. The third-order valence-corrected chi connectivity index (χ3v) is 5.03. The summed E-state index contributed by atoms with van der Waals surface area (Å²) in [5.74, 6) is -2.72. The van der Waals surface area contributed by atoms with Crippen LogP contribution in [0.4, 0.5) is 8.78 Å². The molecular weight excluding hydrogens is 330 g/mol. The van der Waals surface area contributed by atoms with Crippen molar-refractivity contribution in [2.75, 3.05) is 0 Å². The summed E-state index contributed by atoms with van der Waals surface area (Å²) in [6.07, 6.45) is 0. The first-order valence-corrected chi connectivity index (χ1v) is 8.37. The Bertz CT molecular complexity index is 998. The maximum absolute atomic E-state index is 13.8. The van der Waals surface area contributed by atoms with Crippen molar-refractivity contribution >= 4 is 27.5 Å². The van der Waals surface area contributed by atoms with E-state index in [-0.39, 0.29) is 0 Å². The van der Waals surface area contributed by atoms with Gasteiger partial charge in [0.1, 0.15) is 17.2 Å². The smallest absolute Gasteiger partial charge is 0.285 e. The molecule has 0 saturated heterocycles. The number of thiazole rings is 1. The van der Waals surface area contributed by atoms with E-state index in [1.807, 2.05) is 37.5 Å². The molecule has 0 unspecified atom stereocenters. The van der Waals surface area contributed by atoms with Crippen molar-refractivity contribution in [3.05, 3.63) is 63.5 Å². The number of halogens is 2.